The van der Waals surface area contributed by atoms with Gasteiger partial charge in [-0.2, -0.15) is 5.26 Å². The molecule has 0 atom stereocenters. The molecule has 2 aromatic rings. The van der Waals surface area contributed by atoms with E-state index in [4.69, 9.17) is 10.00 Å². The Morgan fingerprint density at radius 2 is 2.00 bits per heavy atom. The molecule has 0 aliphatic rings. The Morgan fingerprint density at radius 1 is 1.27 bits per heavy atom. The summed E-state index contributed by atoms with van der Waals surface area (Å²) < 4.78 is 5.10. The van der Waals surface area contributed by atoms with E-state index in [0.717, 1.165) is 16.9 Å². The number of rotatable bonds is 7. The smallest absolute Gasteiger partial charge is 0.263 e. The van der Waals surface area contributed by atoms with Crippen molar-refractivity contribution in [3.05, 3.63) is 65.4 Å². The van der Waals surface area contributed by atoms with Gasteiger partial charge >= 0.3 is 0 Å². The average Bonchev–Trinajstić information content (AvgIpc) is 2.64. The van der Waals surface area contributed by atoms with E-state index in [0.29, 0.717) is 18.7 Å². The van der Waals surface area contributed by atoms with Gasteiger partial charge in [0, 0.05) is 12.7 Å². The van der Waals surface area contributed by atoms with E-state index >= 15 is 0 Å². The largest absolute Gasteiger partial charge is 0.506 e. The van der Waals surface area contributed by atoms with Crippen molar-refractivity contribution in [3.8, 4) is 17.6 Å². The maximum Gasteiger partial charge on any atom is 0.263 e. The van der Waals surface area contributed by atoms with Gasteiger partial charge in [0.2, 0.25) is 0 Å². The summed E-state index contributed by atoms with van der Waals surface area (Å²) in [6.45, 7) is 2.26. The number of nitrogens with one attached hydrogen (secondary N) is 2. The molecule has 0 aliphatic heterocycles. The molecule has 0 radical (unpaired) electrons. The number of carbonyl (C=O) groups excluding carboxylic acids is 1. The van der Waals surface area contributed by atoms with Crippen LogP contribution in [0.5, 0.6) is 11.5 Å². The molecule has 0 heterocycles. The molecule has 134 valence electrons. The van der Waals surface area contributed by atoms with E-state index in [1.165, 1.54) is 6.20 Å². The zero-order valence-corrected chi connectivity index (χ0v) is 14.7. The minimum atomic E-state index is -0.472. The van der Waals surface area contributed by atoms with Gasteiger partial charge in [0.25, 0.3) is 5.91 Å². The highest BCUT2D eigenvalue weighted by Gasteiger charge is 2.09. The highest BCUT2D eigenvalue weighted by Crippen LogP contribution is 2.23. The summed E-state index contributed by atoms with van der Waals surface area (Å²) in [6, 6.07) is 14.5. The van der Waals surface area contributed by atoms with Crippen LogP contribution in [0.3, 0.4) is 0 Å². The minimum absolute atomic E-state index is 0.0541. The third kappa shape index (κ3) is 5.28. The summed E-state index contributed by atoms with van der Waals surface area (Å²) in [4.78, 5) is 12.1. The van der Waals surface area contributed by atoms with E-state index < -0.39 is 5.91 Å². The zero-order valence-electron chi connectivity index (χ0n) is 14.7. The maximum atomic E-state index is 12.1. The van der Waals surface area contributed by atoms with Crippen molar-refractivity contribution in [2.24, 2.45) is 0 Å². The predicted octanol–water partition coefficient (Wildman–Crippen LogP) is 2.89. The van der Waals surface area contributed by atoms with Crippen LogP contribution in [0, 0.1) is 18.3 Å². The number of hydrogen-bond donors (Lipinski definition) is 3. The van der Waals surface area contributed by atoms with Gasteiger partial charge < -0.3 is 20.5 Å². The number of anilines is 1. The summed E-state index contributed by atoms with van der Waals surface area (Å²) >= 11 is 0. The Labute approximate surface area is 152 Å². The lowest BCUT2D eigenvalue weighted by Crippen LogP contribution is -2.27. The van der Waals surface area contributed by atoms with Crippen LogP contribution in [-0.4, -0.2) is 24.7 Å². The number of aryl methyl sites for hydroxylation is 1. The van der Waals surface area contributed by atoms with Crippen LogP contribution in [-0.2, 0) is 11.2 Å². The maximum absolute atomic E-state index is 12.1. The van der Waals surface area contributed by atoms with Crippen LogP contribution in [0.15, 0.2) is 54.2 Å². The third-order valence-electron chi connectivity index (χ3n) is 3.75. The van der Waals surface area contributed by atoms with Crippen LogP contribution in [0.2, 0.25) is 0 Å². The summed E-state index contributed by atoms with van der Waals surface area (Å²) in [5.41, 5.74) is 2.32. The van der Waals surface area contributed by atoms with E-state index in [1.54, 1.807) is 19.2 Å². The van der Waals surface area contributed by atoms with Gasteiger partial charge in [0.1, 0.15) is 23.1 Å². The van der Waals surface area contributed by atoms with Crippen molar-refractivity contribution in [2.75, 3.05) is 19.0 Å². The number of benzene rings is 2. The summed E-state index contributed by atoms with van der Waals surface area (Å²) in [6.07, 6.45) is 1.92. The van der Waals surface area contributed by atoms with Crippen molar-refractivity contribution in [1.82, 2.24) is 5.32 Å². The first kappa shape index (κ1) is 18.9. The fraction of sp³-hybridized carbons (Fsp3) is 0.200. The van der Waals surface area contributed by atoms with Gasteiger partial charge in [-0.3, -0.25) is 4.79 Å². The molecule has 0 aromatic heterocycles. The van der Waals surface area contributed by atoms with Gasteiger partial charge in [0.15, 0.2) is 0 Å². The second kappa shape index (κ2) is 9.14. The van der Waals surface area contributed by atoms with Crippen molar-refractivity contribution in [1.29, 1.82) is 5.26 Å². The van der Waals surface area contributed by atoms with E-state index in [-0.39, 0.29) is 11.3 Å². The number of hydrogen-bond acceptors (Lipinski definition) is 5. The monoisotopic (exact) mass is 351 g/mol. The summed E-state index contributed by atoms with van der Waals surface area (Å²) in [5, 5.41) is 24.5. The fourth-order valence-corrected chi connectivity index (χ4v) is 2.27. The molecule has 0 saturated heterocycles. The molecule has 0 fully saturated rings. The zero-order chi connectivity index (χ0) is 18.9. The number of methoxy groups -OCH3 is 1. The second-order valence-electron chi connectivity index (χ2n) is 5.69. The molecular formula is C20H21N3O3. The standard InChI is InChI=1S/C20H21N3O3/c1-14-3-8-18(19(24)11-14)23-13-16(12-21)20(25)22-10-9-15-4-6-17(26-2)7-5-15/h3-8,11,13,23-24H,9-10H2,1-2H3,(H,22,25)/b16-13-. The summed E-state index contributed by atoms with van der Waals surface area (Å²) in [7, 11) is 1.61. The lowest BCUT2D eigenvalue weighted by molar-refractivity contribution is -0.117. The van der Waals surface area contributed by atoms with E-state index in [9.17, 15) is 9.90 Å². The molecule has 6 nitrogen and oxygen atoms in total. The highest BCUT2D eigenvalue weighted by atomic mass is 16.5. The first-order valence-electron chi connectivity index (χ1n) is 8.11. The van der Waals surface area contributed by atoms with Crippen LogP contribution >= 0.6 is 0 Å². The molecule has 1 amide bonds. The molecular weight excluding hydrogens is 330 g/mol. The molecule has 0 spiro atoms. The van der Waals surface area contributed by atoms with Crippen LogP contribution < -0.4 is 15.4 Å². The molecule has 0 unspecified atom stereocenters. The number of aromatic hydroxyl groups is 1. The Hall–Kier alpha value is -3.46. The molecule has 0 aliphatic carbocycles. The number of phenols is 1. The topological polar surface area (TPSA) is 94.4 Å². The quantitative estimate of drug-likeness (QED) is 0.405. The number of carbonyl (C=O) groups is 1. The normalized spacial score (nSPS) is 10.7. The lowest BCUT2D eigenvalue weighted by Gasteiger charge is -2.07. The van der Waals surface area contributed by atoms with Gasteiger partial charge in [0.05, 0.1) is 12.8 Å². The van der Waals surface area contributed by atoms with Crippen LogP contribution in [0.1, 0.15) is 11.1 Å². The number of phenolic OH excluding ortho intramolecular Hbond substituents is 1. The van der Waals surface area contributed by atoms with Crippen LogP contribution in [0.25, 0.3) is 0 Å². The highest BCUT2D eigenvalue weighted by molar-refractivity contribution is 5.97. The Balaban J connectivity index is 1.90. The predicted molar refractivity (Wildman–Crippen MR) is 99.9 cm³/mol. The van der Waals surface area contributed by atoms with Crippen LogP contribution in [0.4, 0.5) is 5.69 Å². The summed E-state index contributed by atoms with van der Waals surface area (Å²) in [5.74, 6) is 0.358. The van der Waals surface area contributed by atoms with Crippen molar-refractivity contribution in [2.45, 2.75) is 13.3 Å². The Bertz CT molecular complexity index is 836. The van der Waals surface area contributed by atoms with Crippen molar-refractivity contribution >= 4 is 11.6 Å². The second-order valence-corrected chi connectivity index (χ2v) is 5.69. The minimum Gasteiger partial charge on any atom is -0.506 e. The van der Waals surface area contributed by atoms with Gasteiger partial charge in [-0.05, 0) is 48.7 Å². The Morgan fingerprint density at radius 3 is 2.62 bits per heavy atom. The number of nitriles is 1. The van der Waals surface area contributed by atoms with Gasteiger partial charge in [-0.1, -0.05) is 18.2 Å². The van der Waals surface area contributed by atoms with E-state index in [1.807, 2.05) is 43.3 Å². The SMILES string of the molecule is COc1ccc(CCNC(=O)/C(C#N)=C\Nc2ccc(C)cc2O)cc1. The molecule has 0 bridgehead atoms. The molecule has 2 aromatic carbocycles. The molecule has 0 saturated carbocycles. The van der Waals surface area contributed by atoms with Gasteiger partial charge in [-0.25, -0.2) is 0 Å². The number of ether oxygens (including phenoxy) is 1. The number of amides is 1. The fourth-order valence-electron chi connectivity index (χ4n) is 2.27. The van der Waals surface area contributed by atoms with Crippen molar-refractivity contribution < 1.29 is 14.6 Å². The molecule has 3 N–H and O–H groups in total. The number of nitrogens with zero attached hydrogens (tertiary/aromatic N) is 1. The lowest BCUT2D eigenvalue weighted by atomic mass is 10.1. The molecule has 26 heavy (non-hydrogen) atoms. The van der Waals surface area contributed by atoms with E-state index in [2.05, 4.69) is 10.6 Å². The Kier molecular flexibility index (Phi) is 6.63. The molecule has 2 rings (SSSR count). The average molecular weight is 351 g/mol. The molecule has 6 heteroatoms. The van der Waals surface area contributed by atoms with Crippen molar-refractivity contribution in [3.63, 3.8) is 0 Å². The third-order valence-corrected chi connectivity index (χ3v) is 3.75. The first-order chi connectivity index (χ1) is 12.5. The van der Waals surface area contributed by atoms with Gasteiger partial charge in [-0.15, -0.1) is 0 Å². The first-order valence-corrected chi connectivity index (χ1v) is 8.11.